The van der Waals surface area contributed by atoms with Gasteiger partial charge in [-0.3, -0.25) is 4.79 Å². The van der Waals surface area contributed by atoms with Crippen LogP contribution in [0.2, 0.25) is 0 Å². The van der Waals surface area contributed by atoms with E-state index in [1.807, 2.05) is 4.90 Å². The maximum absolute atomic E-state index is 12.7. The highest BCUT2D eigenvalue weighted by molar-refractivity contribution is 5.76. The number of hydrogen-bond acceptors (Lipinski definition) is 4. The first kappa shape index (κ1) is 31.9. The summed E-state index contributed by atoms with van der Waals surface area (Å²) in [5, 5.41) is 3.21. The van der Waals surface area contributed by atoms with Gasteiger partial charge in [-0.05, 0) is 92.8 Å². The lowest BCUT2D eigenvalue weighted by Gasteiger charge is -2.34. The Morgan fingerprint density at radius 1 is 0.925 bits per heavy atom. The van der Waals surface area contributed by atoms with E-state index in [0.717, 1.165) is 63.5 Å². The molecule has 2 aliphatic rings. The molecule has 0 atom stereocenters. The average Bonchev–Trinajstić information content (AvgIpc) is 2.90. The van der Waals surface area contributed by atoms with Gasteiger partial charge in [0.2, 0.25) is 5.91 Å². The Morgan fingerprint density at radius 2 is 1.55 bits per heavy atom. The summed E-state index contributed by atoms with van der Waals surface area (Å²) in [6.45, 7) is 11.3. The number of likely N-dealkylation sites (tertiary alicyclic amines) is 2. The van der Waals surface area contributed by atoms with Gasteiger partial charge < -0.3 is 15.1 Å². The van der Waals surface area contributed by atoms with Crippen molar-refractivity contribution < 1.29 is 18.0 Å². The number of alkyl halides is 3. The number of piperidine rings is 2. The molecule has 1 aromatic carbocycles. The van der Waals surface area contributed by atoms with E-state index in [0.29, 0.717) is 25.3 Å². The Kier molecular flexibility index (Phi) is 11.0. The molecule has 1 amide bonds. The molecule has 3 heterocycles. The Balaban J connectivity index is 0.00000441. The maximum atomic E-state index is 12.7. The van der Waals surface area contributed by atoms with Crippen LogP contribution in [-0.2, 0) is 22.8 Å². The van der Waals surface area contributed by atoms with Crippen molar-refractivity contribution in [3.05, 3.63) is 59.3 Å². The quantitative estimate of drug-likeness (QED) is 0.372. The number of anilines is 1. The zero-order valence-corrected chi connectivity index (χ0v) is 23.6. The lowest BCUT2D eigenvalue weighted by molar-refractivity contribution is -0.137. The molecule has 2 aromatic rings. The number of nitrogens with zero attached hydrogens (tertiary/aromatic N) is 3. The first-order valence-electron chi connectivity index (χ1n) is 14.4. The predicted octanol–water partition coefficient (Wildman–Crippen LogP) is 7.17. The second kappa shape index (κ2) is 13.8. The average molecular weight is 561 g/mol. The van der Waals surface area contributed by atoms with Gasteiger partial charge in [-0.2, -0.15) is 13.2 Å². The summed E-state index contributed by atoms with van der Waals surface area (Å²) in [6.07, 6.45) is 3.02. The van der Waals surface area contributed by atoms with E-state index in [1.165, 1.54) is 30.0 Å². The first-order chi connectivity index (χ1) is 18.5. The van der Waals surface area contributed by atoms with Crippen LogP contribution in [0.4, 0.5) is 19.0 Å². The summed E-state index contributed by atoms with van der Waals surface area (Å²) < 4.78 is 38.2. The van der Waals surface area contributed by atoms with Gasteiger partial charge in [0.1, 0.15) is 5.82 Å². The number of carbonyl (C=O) groups is 1. The van der Waals surface area contributed by atoms with E-state index >= 15 is 0 Å². The van der Waals surface area contributed by atoms with E-state index in [1.54, 1.807) is 0 Å². The van der Waals surface area contributed by atoms with Crippen LogP contribution in [0.3, 0.4) is 0 Å². The standard InChI is InChI=1S/C31H43F3N4O.CH4/c1-30(2,3)25-8-6-23(7-9-25)21-24-12-17-37(18-13-24)16-4-5-29(39)38-19-14-27(15-20-38)36-28-11-10-26(22-35-28)31(32,33)34;/h6-11,22,24,27H,4-5,12-21H2,1-3H3,(H,35,36);1H4. The second-order valence-corrected chi connectivity index (χ2v) is 12.3. The zero-order valence-electron chi connectivity index (χ0n) is 23.6. The molecule has 2 aliphatic heterocycles. The molecule has 0 spiro atoms. The van der Waals surface area contributed by atoms with Crippen molar-refractivity contribution in [3.8, 4) is 0 Å². The fraction of sp³-hybridized carbons (Fsp3) is 0.625. The zero-order chi connectivity index (χ0) is 28.0. The van der Waals surface area contributed by atoms with Gasteiger partial charge >= 0.3 is 6.18 Å². The number of nitrogens with one attached hydrogen (secondary N) is 1. The molecule has 0 saturated carbocycles. The fourth-order valence-corrected chi connectivity index (χ4v) is 5.63. The van der Waals surface area contributed by atoms with Crippen LogP contribution in [0.25, 0.3) is 0 Å². The van der Waals surface area contributed by atoms with Crippen molar-refractivity contribution in [1.82, 2.24) is 14.8 Å². The maximum Gasteiger partial charge on any atom is 0.417 e. The minimum atomic E-state index is -4.38. The largest absolute Gasteiger partial charge is 0.417 e. The van der Waals surface area contributed by atoms with Crippen LogP contribution in [0.1, 0.15) is 83.4 Å². The summed E-state index contributed by atoms with van der Waals surface area (Å²) in [5.74, 6) is 1.38. The van der Waals surface area contributed by atoms with Gasteiger partial charge in [0.05, 0.1) is 5.56 Å². The van der Waals surface area contributed by atoms with E-state index < -0.39 is 11.7 Å². The number of halogens is 3. The van der Waals surface area contributed by atoms with Crippen molar-refractivity contribution in [2.75, 3.05) is 38.0 Å². The van der Waals surface area contributed by atoms with Crippen molar-refractivity contribution in [1.29, 1.82) is 0 Å². The number of benzene rings is 1. The van der Waals surface area contributed by atoms with Gasteiger partial charge in [0.25, 0.3) is 0 Å². The molecule has 0 unspecified atom stereocenters. The Labute approximate surface area is 238 Å². The van der Waals surface area contributed by atoms with Crippen LogP contribution >= 0.6 is 0 Å². The number of pyridine rings is 1. The third kappa shape index (κ3) is 9.22. The number of carbonyl (C=O) groups excluding carboxylic acids is 1. The van der Waals surface area contributed by atoms with Crippen molar-refractivity contribution >= 4 is 11.7 Å². The number of aromatic nitrogens is 1. The summed E-state index contributed by atoms with van der Waals surface area (Å²) >= 11 is 0. The summed E-state index contributed by atoms with van der Waals surface area (Å²) in [7, 11) is 0. The molecule has 8 heteroatoms. The van der Waals surface area contributed by atoms with Gasteiger partial charge in [0, 0.05) is 31.7 Å². The highest BCUT2D eigenvalue weighted by Crippen LogP contribution is 2.29. The summed E-state index contributed by atoms with van der Waals surface area (Å²) in [4.78, 5) is 21.1. The lowest BCUT2D eigenvalue weighted by Crippen LogP contribution is -2.42. The molecule has 222 valence electrons. The summed E-state index contributed by atoms with van der Waals surface area (Å²) in [5.41, 5.74) is 2.25. The minimum Gasteiger partial charge on any atom is -0.367 e. The fourth-order valence-electron chi connectivity index (χ4n) is 5.63. The van der Waals surface area contributed by atoms with Gasteiger partial charge in [-0.1, -0.05) is 52.5 Å². The summed E-state index contributed by atoms with van der Waals surface area (Å²) in [6, 6.07) is 11.7. The lowest BCUT2D eigenvalue weighted by atomic mass is 9.85. The molecule has 5 nitrogen and oxygen atoms in total. The van der Waals surface area contributed by atoms with E-state index in [-0.39, 0.29) is 24.8 Å². The molecule has 0 bridgehead atoms. The van der Waals surface area contributed by atoms with Crippen molar-refractivity contribution in [2.45, 2.75) is 90.8 Å². The molecule has 1 aromatic heterocycles. The minimum absolute atomic E-state index is 0. The molecule has 40 heavy (non-hydrogen) atoms. The van der Waals surface area contributed by atoms with Crippen molar-refractivity contribution in [3.63, 3.8) is 0 Å². The van der Waals surface area contributed by atoms with E-state index in [2.05, 4.69) is 60.2 Å². The van der Waals surface area contributed by atoms with Crippen LogP contribution in [0.5, 0.6) is 0 Å². The molecular weight excluding hydrogens is 513 g/mol. The van der Waals surface area contributed by atoms with Gasteiger partial charge in [0.15, 0.2) is 0 Å². The van der Waals surface area contributed by atoms with E-state index in [4.69, 9.17) is 0 Å². The smallest absolute Gasteiger partial charge is 0.367 e. The Morgan fingerprint density at radius 3 is 2.10 bits per heavy atom. The monoisotopic (exact) mass is 560 g/mol. The van der Waals surface area contributed by atoms with Crippen molar-refractivity contribution in [2.24, 2.45) is 5.92 Å². The Hall–Kier alpha value is -2.61. The topological polar surface area (TPSA) is 48.5 Å². The SMILES string of the molecule is C.CC(C)(C)c1ccc(CC2CCN(CCCC(=O)N3CCC(Nc4ccc(C(F)(F)F)cn4)CC3)CC2)cc1. The normalized spacial score (nSPS) is 17.9. The van der Waals surface area contributed by atoms with E-state index in [9.17, 15) is 18.0 Å². The molecule has 1 N–H and O–H groups in total. The highest BCUT2D eigenvalue weighted by Gasteiger charge is 2.31. The van der Waals surface area contributed by atoms with Crippen LogP contribution in [-0.4, -0.2) is 59.5 Å². The first-order valence-corrected chi connectivity index (χ1v) is 14.4. The Bertz CT molecular complexity index is 1050. The molecule has 0 radical (unpaired) electrons. The third-order valence-electron chi connectivity index (χ3n) is 8.21. The molecule has 2 fully saturated rings. The highest BCUT2D eigenvalue weighted by atomic mass is 19.4. The molecule has 4 rings (SSSR count). The van der Waals surface area contributed by atoms with Crippen LogP contribution < -0.4 is 5.32 Å². The van der Waals surface area contributed by atoms with Crippen LogP contribution in [0, 0.1) is 5.92 Å². The molecule has 0 aliphatic carbocycles. The number of rotatable bonds is 8. The molecular formula is C32H47F3N4O. The third-order valence-corrected chi connectivity index (χ3v) is 8.21. The van der Waals surface area contributed by atoms with Gasteiger partial charge in [-0.15, -0.1) is 0 Å². The number of amides is 1. The van der Waals surface area contributed by atoms with Crippen LogP contribution in [0.15, 0.2) is 42.6 Å². The number of hydrogen-bond donors (Lipinski definition) is 1. The second-order valence-electron chi connectivity index (χ2n) is 12.3. The predicted molar refractivity (Wildman–Crippen MR) is 156 cm³/mol. The van der Waals surface area contributed by atoms with Gasteiger partial charge in [-0.25, -0.2) is 4.98 Å². The molecule has 2 saturated heterocycles.